The van der Waals surface area contributed by atoms with E-state index in [0.717, 1.165) is 18.5 Å². The molecule has 1 aliphatic rings. The predicted octanol–water partition coefficient (Wildman–Crippen LogP) is 4.27. The Hall–Kier alpha value is -0.960. The Balaban J connectivity index is 2.19. The molecule has 0 spiro atoms. The van der Waals surface area contributed by atoms with Gasteiger partial charge in [-0.15, -0.1) is 11.8 Å². The van der Waals surface area contributed by atoms with Crippen LogP contribution in [0.2, 0.25) is 0 Å². The van der Waals surface area contributed by atoms with E-state index in [2.05, 4.69) is 37.6 Å². The van der Waals surface area contributed by atoms with Gasteiger partial charge in [0, 0.05) is 16.0 Å². The monoisotopic (exact) mass is 263 g/mol. The lowest BCUT2D eigenvalue weighted by Crippen LogP contribution is -2.21. The second-order valence-electron chi connectivity index (χ2n) is 5.63. The number of carbonyl (C=O) groups is 1. The van der Waals surface area contributed by atoms with Crippen molar-refractivity contribution in [1.82, 2.24) is 0 Å². The zero-order chi connectivity index (χ0) is 13.3. The number of benzene rings is 1. The standard InChI is InChI=1S/C15H21NOS/c1-10(2)12-9-11(5-6-13(12)18-4)16-14(17)15(3)7-8-15/h5-6,9-10H,7-8H2,1-4H3,(H,16,17). The van der Waals surface area contributed by atoms with Crippen LogP contribution in [0.5, 0.6) is 0 Å². The van der Waals surface area contributed by atoms with Gasteiger partial charge in [0.2, 0.25) is 5.91 Å². The van der Waals surface area contributed by atoms with Crippen molar-refractivity contribution in [2.24, 2.45) is 5.41 Å². The van der Waals surface area contributed by atoms with E-state index in [0.29, 0.717) is 5.92 Å². The summed E-state index contributed by atoms with van der Waals surface area (Å²) in [4.78, 5) is 13.3. The molecule has 0 atom stereocenters. The quantitative estimate of drug-likeness (QED) is 0.822. The summed E-state index contributed by atoms with van der Waals surface area (Å²) in [6.45, 7) is 6.40. The first-order chi connectivity index (χ1) is 8.46. The average Bonchev–Trinajstić information content (AvgIpc) is 3.08. The summed E-state index contributed by atoms with van der Waals surface area (Å²) in [6, 6.07) is 6.21. The molecular formula is C15H21NOS. The van der Waals surface area contributed by atoms with Crippen molar-refractivity contribution in [2.75, 3.05) is 11.6 Å². The van der Waals surface area contributed by atoms with Gasteiger partial charge in [0.1, 0.15) is 0 Å². The van der Waals surface area contributed by atoms with Crippen LogP contribution in [-0.2, 0) is 4.79 Å². The molecule has 2 nitrogen and oxygen atoms in total. The molecule has 0 unspecified atom stereocenters. The number of nitrogens with one attached hydrogen (secondary N) is 1. The van der Waals surface area contributed by atoms with Crippen LogP contribution in [-0.4, -0.2) is 12.2 Å². The van der Waals surface area contributed by atoms with E-state index in [4.69, 9.17) is 0 Å². The highest BCUT2D eigenvalue weighted by atomic mass is 32.2. The highest BCUT2D eigenvalue weighted by Gasteiger charge is 2.44. The summed E-state index contributed by atoms with van der Waals surface area (Å²) in [5.41, 5.74) is 2.12. The van der Waals surface area contributed by atoms with Crippen molar-refractivity contribution >= 4 is 23.4 Å². The van der Waals surface area contributed by atoms with E-state index in [9.17, 15) is 4.79 Å². The first kappa shape index (κ1) is 13.5. The molecule has 0 radical (unpaired) electrons. The molecular weight excluding hydrogens is 242 g/mol. The fraction of sp³-hybridized carbons (Fsp3) is 0.533. The van der Waals surface area contributed by atoms with Crippen molar-refractivity contribution in [2.45, 2.75) is 44.4 Å². The van der Waals surface area contributed by atoms with Crippen LogP contribution in [0.15, 0.2) is 23.1 Å². The number of rotatable bonds is 4. The number of hydrogen-bond acceptors (Lipinski definition) is 2. The molecule has 98 valence electrons. The smallest absolute Gasteiger partial charge is 0.230 e. The minimum absolute atomic E-state index is 0.115. The lowest BCUT2D eigenvalue weighted by molar-refractivity contribution is -0.120. The fourth-order valence-electron chi connectivity index (χ4n) is 1.96. The molecule has 0 heterocycles. The third-order valence-electron chi connectivity index (χ3n) is 3.66. The maximum atomic E-state index is 12.0. The number of thioether (sulfide) groups is 1. The van der Waals surface area contributed by atoms with Crippen LogP contribution in [0.3, 0.4) is 0 Å². The normalized spacial score (nSPS) is 16.7. The average molecular weight is 263 g/mol. The predicted molar refractivity (Wildman–Crippen MR) is 78.3 cm³/mol. The van der Waals surface area contributed by atoms with E-state index in [1.54, 1.807) is 11.8 Å². The Morgan fingerprint density at radius 3 is 2.56 bits per heavy atom. The van der Waals surface area contributed by atoms with Gasteiger partial charge in [-0.25, -0.2) is 0 Å². The first-order valence-corrected chi connectivity index (χ1v) is 7.68. The maximum absolute atomic E-state index is 12.0. The second kappa shape index (κ2) is 4.96. The van der Waals surface area contributed by atoms with Crippen molar-refractivity contribution in [3.05, 3.63) is 23.8 Å². The Bertz CT molecular complexity index is 464. The van der Waals surface area contributed by atoms with Gasteiger partial charge in [0.05, 0.1) is 0 Å². The van der Waals surface area contributed by atoms with E-state index >= 15 is 0 Å². The first-order valence-electron chi connectivity index (χ1n) is 6.46. The second-order valence-corrected chi connectivity index (χ2v) is 6.47. The minimum atomic E-state index is -0.115. The van der Waals surface area contributed by atoms with E-state index < -0.39 is 0 Å². The van der Waals surface area contributed by atoms with Gasteiger partial charge in [0.25, 0.3) is 0 Å². The SMILES string of the molecule is CSc1ccc(NC(=O)C2(C)CC2)cc1C(C)C. The molecule has 3 heteroatoms. The zero-order valence-electron chi connectivity index (χ0n) is 11.5. The van der Waals surface area contributed by atoms with Gasteiger partial charge in [-0.2, -0.15) is 0 Å². The minimum Gasteiger partial charge on any atom is -0.326 e. The highest BCUT2D eigenvalue weighted by molar-refractivity contribution is 7.98. The largest absolute Gasteiger partial charge is 0.326 e. The summed E-state index contributed by atoms with van der Waals surface area (Å²) in [7, 11) is 0. The van der Waals surface area contributed by atoms with Crippen molar-refractivity contribution in [1.29, 1.82) is 0 Å². The summed E-state index contributed by atoms with van der Waals surface area (Å²) < 4.78 is 0. The molecule has 1 aromatic rings. The van der Waals surface area contributed by atoms with E-state index in [1.807, 2.05) is 13.0 Å². The van der Waals surface area contributed by atoms with E-state index in [-0.39, 0.29) is 11.3 Å². The van der Waals surface area contributed by atoms with Crippen LogP contribution in [0.25, 0.3) is 0 Å². The fourth-order valence-corrected chi connectivity index (χ4v) is 2.69. The van der Waals surface area contributed by atoms with Crippen LogP contribution < -0.4 is 5.32 Å². The highest BCUT2D eigenvalue weighted by Crippen LogP contribution is 2.45. The topological polar surface area (TPSA) is 29.1 Å². The van der Waals surface area contributed by atoms with Gasteiger partial charge >= 0.3 is 0 Å². The number of anilines is 1. The Labute approximate surface area is 114 Å². The van der Waals surface area contributed by atoms with Crippen molar-refractivity contribution < 1.29 is 4.79 Å². The van der Waals surface area contributed by atoms with Gasteiger partial charge in [-0.3, -0.25) is 4.79 Å². The molecule has 1 saturated carbocycles. The van der Waals surface area contributed by atoms with Gasteiger partial charge in [-0.05, 0) is 48.8 Å². The van der Waals surface area contributed by atoms with Crippen LogP contribution >= 0.6 is 11.8 Å². The number of carbonyl (C=O) groups excluding carboxylic acids is 1. The molecule has 18 heavy (non-hydrogen) atoms. The number of hydrogen-bond donors (Lipinski definition) is 1. The number of amides is 1. The maximum Gasteiger partial charge on any atom is 0.230 e. The summed E-state index contributed by atoms with van der Waals surface area (Å²) >= 11 is 1.76. The summed E-state index contributed by atoms with van der Waals surface area (Å²) in [6.07, 6.45) is 4.11. The molecule has 0 saturated heterocycles. The Morgan fingerprint density at radius 1 is 1.39 bits per heavy atom. The van der Waals surface area contributed by atoms with Crippen molar-refractivity contribution in [3.63, 3.8) is 0 Å². The molecule has 1 fully saturated rings. The molecule has 1 N–H and O–H groups in total. The Kier molecular flexibility index (Phi) is 3.71. The third kappa shape index (κ3) is 2.72. The van der Waals surface area contributed by atoms with Crippen LogP contribution in [0.1, 0.15) is 45.1 Å². The molecule has 0 aliphatic heterocycles. The lowest BCUT2D eigenvalue weighted by Gasteiger charge is -2.15. The zero-order valence-corrected chi connectivity index (χ0v) is 12.4. The lowest BCUT2D eigenvalue weighted by atomic mass is 10.0. The van der Waals surface area contributed by atoms with Crippen LogP contribution in [0.4, 0.5) is 5.69 Å². The molecule has 1 aliphatic carbocycles. The molecule has 2 rings (SSSR count). The van der Waals surface area contributed by atoms with E-state index in [1.165, 1.54) is 10.5 Å². The van der Waals surface area contributed by atoms with Crippen molar-refractivity contribution in [3.8, 4) is 0 Å². The summed E-state index contributed by atoms with van der Waals surface area (Å²) in [5.74, 6) is 0.634. The van der Waals surface area contributed by atoms with Gasteiger partial charge < -0.3 is 5.32 Å². The Morgan fingerprint density at radius 2 is 2.06 bits per heavy atom. The van der Waals surface area contributed by atoms with Crippen LogP contribution in [0, 0.1) is 5.41 Å². The molecule has 1 amide bonds. The van der Waals surface area contributed by atoms with Gasteiger partial charge in [0.15, 0.2) is 0 Å². The third-order valence-corrected chi connectivity index (χ3v) is 4.47. The summed E-state index contributed by atoms with van der Waals surface area (Å²) in [5, 5.41) is 3.04. The molecule has 0 bridgehead atoms. The molecule has 0 aromatic heterocycles. The van der Waals surface area contributed by atoms with Gasteiger partial charge in [-0.1, -0.05) is 20.8 Å². The molecule has 1 aromatic carbocycles.